The molecule has 0 radical (unpaired) electrons. The average Bonchev–Trinajstić information content (AvgIpc) is 3.00. The van der Waals surface area contributed by atoms with Crippen molar-refractivity contribution < 1.29 is 14.3 Å². The third-order valence-corrected chi connectivity index (χ3v) is 4.51. The van der Waals surface area contributed by atoms with E-state index in [2.05, 4.69) is 36.2 Å². The van der Waals surface area contributed by atoms with Gasteiger partial charge < -0.3 is 14.8 Å². The van der Waals surface area contributed by atoms with E-state index in [-0.39, 0.29) is 5.92 Å². The van der Waals surface area contributed by atoms with Gasteiger partial charge in [-0.25, -0.2) is 4.79 Å². The minimum Gasteiger partial charge on any atom is -0.501 e. The minimum atomic E-state index is -0.415. The second-order valence-corrected chi connectivity index (χ2v) is 6.12. The summed E-state index contributed by atoms with van der Waals surface area (Å²) in [4.78, 5) is 12.0. The van der Waals surface area contributed by atoms with Crippen LogP contribution in [-0.4, -0.2) is 26.4 Å². The molecule has 1 amide bonds. The number of ether oxygens (including phenoxy) is 2. The molecule has 26 heavy (non-hydrogen) atoms. The molecule has 0 fully saturated rings. The Bertz CT molecular complexity index is 780. The van der Waals surface area contributed by atoms with Crippen molar-refractivity contribution in [2.45, 2.75) is 12.3 Å². The van der Waals surface area contributed by atoms with E-state index in [1.165, 1.54) is 22.3 Å². The predicted molar refractivity (Wildman–Crippen MR) is 103 cm³/mol. The number of methoxy groups -OCH3 is 1. The number of amides is 1. The van der Waals surface area contributed by atoms with Gasteiger partial charge in [0, 0.05) is 18.9 Å². The highest BCUT2D eigenvalue weighted by Crippen LogP contribution is 2.44. The van der Waals surface area contributed by atoms with Crippen LogP contribution < -0.4 is 5.32 Å². The summed E-state index contributed by atoms with van der Waals surface area (Å²) in [5, 5.41) is 2.73. The number of benzene rings is 2. The van der Waals surface area contributed by atoms with Gasteiger partial charge in [-0.1, -0.05) is 67.3 Å². The van der Waals surface area contributed by atoms with Crippen molar-refractivity contribution in [2.24, 2.45) is 0 Å². The molecule has 0 bridgehead atoms. The number of nitrogens with one attached hydrogen (secondary N) is 1. The summed E-state index contributed by atoms with van der Waals surface area (Å²) in [5.41, 5.74) is 4.86. The Morgan fingerprint density at radius 2 is 1.69 bits per heavy atom. The zero-order chi connectivity index (χ0) is 18.4. The van der Waals surface area contributed by atoms with Gasteiger partial charge in [-0.15, -0.1) is 0 Å². The molecule has 0 heterocycles. The van der Waals surface area contributed by atoms with Gasteiger partial charge in [-0.2, -0.15) is 0 Å². The van der Waals surface area contributed by atoms with Crippen LogP contribution in [0.25, 0.3) is 11.1 Å². The molecule has 0 saturated carbocycles. The molecule has 0 saturated heterocycles. The lowest BCUT2D eigenvalue weighted by atomic mass is 9.98. The van der Waals surface area contributed by atoms with Crippen molar-refractivity contribution in [1.82, 2.24) is 5.32 Å². The topological polar surface area (TPSA) is 47.6 Å². The number of hydrogen-bond acceptors (Lipinski definition) is 3. The van der Waals surface area contributed by atoms with Crippen LogP contribution in [-0.2, 0) is 9.47 Å². The number of alkyl carbamates (subject to hydrolysis) is 1. The summed E-state index contributed by atoms with van der Waals surface area (Å²) >= 11 is 0. The summed E-state index contributed by atoms with van der Waals surface area (Å²) in [6.07, 6.45) is 3.96. The molecule has 3 rings (SSSR count). The molecule has 0 spiro atoms. The Hall–Kier alpha value is -3.01. The van der Waals surface area contributed by atoms with Crippen molar-refractivity contribution >= 4 is 6.09 Å². The van der Waals surface area contributed by atoms with E-state index in [1.54, 1.807) is 7.11 Å². The first-order chi connectivity index (χ1) is 12.7. The van der Waals surface area contributed by atoms with Gasteiger partial charge in [-0.3, -0.25) is 0 Å². The van der Waals surface area contributed by atoms with Gasteiger partial charge in [0.2, 0.25) is 0 Å². The third kappa shape index (κ3) is 3.97. The molecule has 0 aliphatic heterocycles. The maximum Gasteiger partial charge on any atom is 0.407 e. The maximum absolute atomic E-state index is 12.0. The lowest BCUT2D eigenvalue weighted by Gasteiger charge is -2.14. The standard InChI is InChI=1S/C22H23NO3/c1-16(25-2)9-7-8-14-23-22(24)26-15-21-19-12-5-3-10-17(19)18-11-4-6-13-20(18)21/h3-8,10-13,21H,1,9,14-15H2,2H3,(H,23,24)/b8-7+. The maximum atomic E-state index is 12.0. The Morgan fingerprint density at radius 3 is 2.31 bits per heavy atom. The molecule has 2 aromatic rings. The van der Waals surface area contributed by atoms with Gasteiger partial charge in [0.1, 0.15) is 6.61 Å². The van der Waals surface area contributed by atoms with Crippen molar-refractivity contribution in [3.63, 3.8) is 0 Å². The molecule has 0 aromatic heterocycles. The number of carbonyl (C=O) groups excluding carboxylic acids is 1. The number of allylic oxidation sites excluding steroid dienone is 1. The predicted octanol–water partition coefficient (Wildman–Crippen LogP) is 4.63. The molecular weight excluding hydrogens is 326 g/mol. The van der Waals surface area contributed by atoms with E-state index in [4.69, 9.17) is 9.47 Å². The highest BCUT2D eigenvalue weighted by Gasteiger charge is 2.28. The largest absolute Gasteiger partial charge is 0.501 e. The lowest BCUT2D eigenvalue weighted by molar-refractivity contribution is 0.144. The highest BCUT2D eigenvalue weighted by molar-refractivity contribution is 5.79. The summed E-state index contributed by atoms with van der Waals surface area (Å²) in [5.74, 6) is 0.760. The number of carbonyl (C=O) groups is 1. The molecule has 4 nitrogen and oxygen atoms in total. The van der Waals surface area contributed by atoms with Crippen LogP contribution in [0.15, 0.2) is 73.0 Å². The van der Waals surface area contributed by atoms with Crippen LogP contribution in [0.4, 0.5) is 4.79 Å². The Labute approximate surface area is 154 Å². The van der Waals surface area contributed by atoms with Crippen LogP contribution in [0.2, 0.25) is 0 Å². The van der Waals surface area contributed by atoms with E-state index in [1.807, 2.05) is 36.4 Å². The zero-order valence-corrected chi connectivity index (χ0v) is 14.9. The van der Waals surface area contributed by atoms with Gasteiger partial charge >= 0.3 is 6.09 Å². The second kappa shape index (κ2) is 8.39. The second-order valence-electron chi connectivity index (χ2n) is 6.12. The van der Waals surface area contributed by atoms with Crippen molar-refractivity contribution in [3.8, 4) is 11.1 Å². The van der Waals surface area contributed by atoms with E-state index < -0.39 is 6.09 Å². The lowest BCUT2D eigenvalue weighted by Crippen LogP contribution is -2.26. The first-order valence-corrected chi connectivity index (χ1v) is 8.66. The summed E-state index contributed by atoms with van der Waals surface area (Å²) in [6.45, 7) is 4.46. The number of rotatable bonds is 7. The Balaban J connectivity index is 1.55. The van der Waals surface area contributed by atoms with Gasteiger partial charge in [0.05, 0.1) is 12.9 Å². The van der Waals surface area contributed by atoms with Gasteiger partial charge in [0.15, 0.2) is 0 Å². The average molecular weight is 349 g/mol. The molecule has 1 aliphatic carbocycles. The van der Waals surface area contributed by atoms with Crippen LogP contribution >= 0.6 is 0 Å². The molecule has 134 valence electrons. The van der Waals surface area contributed by atoms with E-state index in [0.717, 1.165) is 0 Å². The smallest absolute Gasteiger partial charge is 0.407 e. The first-order valence-electron chi connectivity index (χ1n) is 8.66. The third-order valence-electron chi connectivity index (χ3n) is 4.51. The van der Waals surface area contributed by atoms with Gasteiger partial charge in [-0.05, 0) is 22.3 Å². The van der Waals surface area contributed by atoms with Crippen molar-refractivity contribution in [1.29, 1.82) is 0 Å². The van der Waals surface area contributed by atoms with Gasteiger partial charge in [0.25, 0.3) is 0 Å². The molecule has 1 N–H and O–H groups in total. The molecule has 2 aromatic carbocycles. The van der Waals surface area contributed by atoms with Crippen LogP contribution in [0.3, 0.4) is 0 Å². The zero-order valence-electron chi connectivity index (χ0n) is 14.9. The monoisotopic (exact) mass is 349 g/mol. The van der Waals surface area contributed by atoms with E-state index >= 15 is 0 Å². The van der Waals surface area contributed by atoms with E-state index in [0.29, 0.717) is 25.3 Å². The minimum absolute atomic E-state index is 0.0775. The van der Waals surface area contributed by atoms with Crippen molar-refractivity contribution in [3.05, 3.63) is 84.1 Å². The van der Waals surface area contributed by atoms with Crippen molar-refractivity contribution in [2.75, 3.05) is 20.3 Å². The Morgan fingerprint density at radius 1 is 1.08 bits per heavy atom. The summed E-state index contributed by atoms with van der Waals surface area (Å²) < 4.78 is 10.4. The quantitative estimate of drug-likeness (QED) is 0.585. The molecule has 4 heteroatoms. The van der Waals surface area contributed by atoms with Crippen LogP contribution in [0.5, 0.6) is 0 Å². The SMILES string of the molecule is C=C(C/C=C/CNC(=O)OCC1c2ccccc2-c2ccccc21)OC. The summed E-state index contributed by atoms with van der Waals surface area (Å²) in [6, 6.07) is 16.6. The molecule has 0 unspecified atom stereocenters. The first kappa shape index (κ1) is 17.8. The molecular formula is C22H23NO3. The number of hydrogen-bond donors (Lipinski definition) is 1. The normalized spacial score (nSPS) is 12.5. The Kier molecular flexibility index (Phi) is 5.74. The summed E-state index contributed by atoms with van der Waals surface area (Å²) in [7, 11) is 1.59. The highest BCUT2D eigenvalue weighted by atomic mass is 16.5. The fourth-order valence-corrected chi connectivity index (χ4v) is 3.17. The number of fused-ring (bicyclic) bond motifs is 3. The van der Waals surface area contributed by atoms with Crippen LogP contribution in [0, 0.1) is 0 Å². The molecule has 0 atom stereocenters. The van der Waals surface area contributed by atoms with E-state index in [9.17, 15) is 4.79 Å². The fraction of sp³-hybridized carbons (Fsp3) is 0.227. The molecule has 1 aliphatic rings. The van der Waals surface area contributed by atoms with Crippen LogP contribution in [0.1, 0.15) is 23.5 Å². The fourth-order valence-electron chi connectivity index (χ4n) is 3.17.